The van der Waals surface area contributed by atoms with Crippen molar-refractivity contribution < 1.29 is 14.3 Å². The Bertz CT molecular complexity index is 427. The lowest BCUT2D eigenvalue weighted by molar-refractivity contribution is -0.914. The molecule has 0 bridgehead atoms. The largest absolute Gasteiger partial charge is 0.490 e. The van der Waals surface area contributed by atoms with Gasteiger partial charge in [-0.25, -0.2) is 0 Å². The number of benzene rings is 1. The van der Waals surface area contributed by atoms with E-state index in [0.717, 1.165) is 22.2 Å². The first kappa shape index (κ1) is 16.7. The van der Waals surface area contributed by atoms with Gasteiger partial charge in [0.25, 0.3) is 0 Å². The molecule has 0 radical (unpaired) electrons. The molecule has 0 aromatic heterocycles. The maximum absolute atomic E-state index is 10.2. The monoisotopic (exact) mass is 278 g/mol. The Morgan fingerprint density at radius 3 is 2.55 bits per heavy atom. The number of hydrogen-bond acceptors (Lipinski definition) is 2. The van der Waals surface area contributed by atoms with Crippen molar-refractivity contribution in [2.45, 2.75) is 32.4 Å². The van der Waals surface area contributed by atoms with Crippen LogP contribution in [0.3, 0.4) is 0 Å². The third kappa shape index (κ3) is 4.99. The topological polar surface area (TPSA) is 29.5 Å². The van der Waals surface area contributed by atoms with Gasteiger partial charge in [-0.1, -0.05) is 24.3 Å². The Hall–Kier alpha value is -1.32. The molecule has 1 aromatic rings. The summed E-state index contributed by atoms with van der Waals surface area (Å²) in [5.74, 6) is 0.835. The fourth-order valence-electron chi connectivity index (χ4n) is 1.96. The van der Waals surface area contributed by atoms with Crippen molar-refractivity contribution in [1.82, 2.24) is 0 Å². The van der Waals surface area contributed by atoms with Crippen molar-refractivity contribution in [3.05, 3.63) is 42.5 Å². The van der Waals surface area contributed by atoms with Gasteiger partial charge in [-0.15, -0.1) is 6.58 Å². The van der Waals surface area contributed by atoms with E-state index in [-0.39, 0.29) is 0 Å². The van der Waals surface area contributed by atoms with E-state index in [0.29, 0.717) is 19.2 Å². The highest BCUT2D eigenvalue weighted by atomic mass is 16.5. The molecule has 0 saturated heterocycles. The van der Waals surface area contributed by atoms with Gasteiger partial charge in [-0.05, 0) is 31.9 Å². The van der Waals surface area contributed by atoms with Crippen LogP contribution in [-0.2, 0) is 6.42 Å². The fourth-order valence-corrected chi connectivity index (χ4v) is 1.96. The normalized spacial score (nSPS) is 13.3. The van der Waals surface area contributed by atoms with Crippen LogP contribution in [0.2, 0.25) is 0 Å². The summed E-state index contributed by atoms with van der Waals surface area (Å²) in [5.41, 5.74) is 1.10. The predicted octanol–water partition coefficient (Wildman–Crippen LogP) is 2.64. The molecule has 3 nitrogen and oxygen atoms in total. The maximum Gasteiger partial charge on any atom is 0.137 e. The minimum Gasteiger partial charge on any atom is -0.490 e. The van der Waals surface area contributed by atoms with Crippen molar-refractivity contribution in [2.24, 2.45) is 0 Å². The van der Waals surface area contributed by atoms with Crippen LogP contribution in [0.25, 0.3) is 0 Å². The quantitative estimate of drug-likeness (QED) is 0.585. The first-order valence-electron chi connectivity index (χ1n) is 7.19. The second-order valence-electron chi connectivity index (χ2n) is 6.12. The van der Waals surface area contributed by atoms with Gasteiger partial charge in [0.1, 0.15) is 25.0 Å². The maximum atomic E-state index is 10.2. The third-order valence-corrected chi connectivity index (χ3v) is 3.85. The van der Waals surface area contributed by atoms with E-state index < -0.39 is 6.10 Å². The van der Waals surface area contributed by atoms with Crippen molar-refractivity contribution in [2.75, 3.05) is 27.2 Å². The molecule has 0 spiro atoms. The number of rotatable bonds is 8. The molecule has 1 unspecified atom stereocenters. The zero-order valence-electron chi connectivity index (χ0n) is 13.2. The summed E-state index contributed by atoms with van der Waals surface area (Å²) in [6, 6.07) is 8.37. The molecule has 20 heavy (non-hydrogen) atoms. The zero-order chi connectivity index (χ0) is 15.2. The molecule has 1 N–H and O–H groups in total. The van der Waals surface area contributed by atoms with Crippen LogP contribution in [0.5, 0.6) is 5.75 Å². The van der Waals surface area contributed by atoms with Gasteiger partial charge in [0, 0.05) is 0 Å². The highest BCUT2D eigenvalue weighted by Gasteiger charge is 2.24. The van der Waals surface area contributed by atoms with Gasteiger partial charge < -0.3 is 14.3 Å². The third-order valence-electron chi connectivity index (χ3n) is 3.85. The van der Waals surface area contributed by atoms with Gasteiger partial charge in [-0.2, -0.15) is 0 Å². The smallest absolute Gasteiger partial charge is 0.137 e. The first-order valence-corrected chi connectivity index (χ1v) is 7.19. The van der Waals surface area contributed by atoms with E-state index in [9.17, 15) is 5.11 Å². The van der Waals surface area contributed by atoms with Gasteiger partial charge in [-0.3, -0.25) is 0 Å². The Morgan fingerprint density at radius 1 is 1.30 bits per heavy atom. The average molecular weight is 278 g/mol. The number of quaternary nitrogens is 1. The van der Waals surface area contributed by atoms with Crippen LogP contribution < -0.4 is 4.74 Å². The molecule has 0 fully saturated rings. The van der Waals surface area contributed by atoms with Crippen LogP contribution in [0.1, 0.15) is 19.4 Å². The number of aliphatic hydroxyl groups is 1. The summed E-state index contributed by atoms with van der Waals surface area (Å²) in [5, 5.41) is 10.2. The fraction of sp³-hybridized carbons (Fsp3) is 0.529. The van der Waals surface area contributed by atoms with Crippen LogP contribution in [0.15, 0.2) is 36.9 Å². The van der Waals surface area contributed by atoms with Gasteiger partial charge in [0.2, 0.25) is 0 Å². The van der Waals surface area contributed by atoms with Crippen LogP contribution in [0, 0.1) is 0 Å². The second-order valence-corrected chi connectivity index (χ2v) is 6.12. The highest BCUT2D eigenvalue weighted by molar-refractivity contribution is 5.34. The molecule has 0 saturated carbocycles. The van der Waals surface area contributed by atoms with Crippen molar-refractivity contribution in [3.63, 3.8) is 0 Å². The number of hydrogen-bond donors (Lipinski definition) is 1. The van der Waals surface area contributed by atoms with E-state index in [1.165, 1.54) is 0 Å². The molecule has 0 amide bonds. The molecule has 3 heteroatoms. The first-order chi connectivity index (χ1) is 9.36. The minimum atomic E-state index is -0.468. The van der Waals surface area contributed by atoms with Crippen molar-refractivity contribution in [1.29, 1.82) is 0 Å². The number of ether oxygens (including phenoxy) is 1. The van der Waals surface area contributed by atoms with E-state index in [4.69, 9.17) is 4.74 Å². The molecule has 1 aromatic carbocycles. The second kappa shape index (κ2) is 7.46. The van der Waals surface area contributed by atoms with E-state index in [1.807, 2.05) is 30.3 Å². The molecular formula is C17H28NO2+. The zero-order valence-corrected chi connectivity index (χ0v) is 13.2. The van der Waals surface area contributed by atoms with E-state index >= 15 is 0 Å². The number of likely N-dealkylation sites (N-methyl/N-ethyl adjacent to an activating group) is 1. The lowest BCUT2D eigenvalue weighted by atomic mass is 10.1. The molecule has 112 valence electrons. The van der Waals surface area contributed by atoms with E-state index in [2.05, 4.69) is 34.5 Å². The predicted molar refractivity (Wildman–Crippen MR) is 84.0 cm³/mol. The standard InChI is InChI=1S/C17H28NO2/c1-6-9-15-10-7-8-11-17(15)20-13-16(19)12-18(4,5)14(2)3/h6-8,10-11,14,16,19H,1,9,12-13H2,2-5H3/q+1. The number of nitrogens with zero attached hydrogens (tertiary/aromatic N) is 1. The molecule has 1 atom stereocenters. The van der Waals surface area contributed by atoms with E-state index in [1.54, 1.807) is 0 Å². The van der Waals surface area contributed by atoms with Gasteiger partial charge in [0.15, 0.2) is 0 Å². The van der Waals surface area contributed by atoms with Crippen molar-refractivity contribution >= 4 is 0 Å². The van der Waals surface area contributed by atoms with Crippen LogP contribution in [-0.4, -0.2) is 49.0 Å². The lowest BCUT2D eigenvalue weighted by Crippen LogP contribution is -2.51. The number of allylic oxidation sites excluding steroid dienone is 1. The number of para-hydroxylation sites is 1. The molecule has 0 aliphatic rings. The molecule has 0 heterocycles. The van der Waals surface area contributed by atoms with Crippen LogP contribution >= 0.6 is 0 Å². The van der Waals surface area contributed by atoms with Gasteiger partial charge >= 0.3 is 0 Å². The number of aliphatic hydroxyl groups excluding tert-OH is 1. The average Bonchev–Trinajstić information content (AvgIpc) is 2.37. The molecular weight excluding hydrogens is 250 g/mol. The summed E-state index contributed by atoms with van der Waals surface area (Å²) in [6.45, 7) is 9.08. The summed E-state index contributed by atoms with van der Waals surface area (Å²) in [6.07, 6.45) is 2.17. The Balaban J connectivity index is 2.57. The summed E-state index contributed by atoms with van der Waals surface area (Å²) in [4.78, 5) is 0. The van der Waals surface area contributed by atoms with Crippen molar-refractivity contribution in [3.8, 4) is 5.75 Å². The highest BCUT2D eigenvalue weighted by Crippen LogP contribution is 2.19. The lowest BCUT2D eigenvalue weighted by Gasteiger charge is -2.35. The molecule has 1 rings (SSSR count). The van der Waals surface area contributed by atoms with Crippen LogP contribution in [0.4, 0.5) is 0 Å². The minimum absolute atomic E-state index is 0.322. The Labute approximate surface area is 123 Å². The Kier molecular flexibility index (Phi) is 6.24. The Morgan fingerprint density at radius 2 is 1.95 bits per heavy atom. The molecule has 0 aliphatic carbocycles. The molecule has 0 aliphatic heterocycles. The summed E-state index contributed by atoms with van der Waals surface area (Å²) >= 11 is 0. The summed E-state index contributed by atoms with van der Waals surface area (Å²) in [7, 11) is 4.25. The SMILES string of the molecule is C=CCc1ccccc1OCC(O)C[N+](C)(C)C(C)C. The van der Waals surface area contributed by atoms with Gasteiger partial charge in [0.05, 0.1) is 20.1 Å². The summed E-state index contributed by atoms with van der Waals surface area (Å²) < 4.78 is 6.55.